The number of hydrogen-bond acceptors (Lipinski definition) is 6. The molecule has 3 aromatic rings. The Morgan fingerprint density at radius 3 is 2.62 bits per heavy atom. The zero-order valence-corrected chi connectivity index (χ0v) is 17.5. The molecule has 0 spiro atoms. The molecular formula is C21H23N3O4S. The van der Waals surface area contributed by atoms with Crippen LogP contribution in [0.1, 0.15) is 40.6 Å². The van der Waals surface area contributed by atoms with Crippen molar-refractivity contribution in [3.05, 3.63) is 57.0 Å². The van der Waals surface area contributed by atoms with Gasteiger partial charge in [0, 0.05) is 23.5 Å². The van der Waals surface area contributed by atoms with Gasteiger partial charge in [-0.15, -0.1) is 11.3 Å². The van der Waals surface area contributed by atoms with Crippen molar-refractivity contribution < 1.29 is 14.3 Å². The Hall–Kier alpha value is -3.00. The van der Waals surface area contributed by atoms with E-state index in [2.05, 4.69) is 10.3 Å². The van der Waals surface area contributed by atoms with Gasteiger partial charge < -0.3 is 10.1 Å². The van der Waals surface area contributed by atoms with Gasteiger partial charge in [0.1, 0.15) is 4.83 Å². The Balaban J connectivity index is 1.61. The highest BCUT2D eigenvalue weighted by molar-refractivity contribution is 7.18. The monoisotopic (exact) mass is 413 g/mol. The number of aryl methyl sites for hydroxylation is 3. The van der Waals surface area contributed by atoms with Crippen molar-refractivity contribution in [1.29, 1.82) is 0 Å². The van der Waals surface area contributed by atoms with Crippen LogP contribution in [-0.2, 0) is 16.1 Å². The van der Waals surface area contributed by atoms with Crippen LogP contribution in [0, 0.1) is 13.8 Å². The Labute approximate surface area is 172 Å². The van der Waals surface area contributed by atoms with E-state index in [1.54, 1.807) is 24.3 Å². The van der Waals surface area contributed by atoms with Gasteiger partial charge in [0.25, 0.3) is 5.56 Å². The molecule has 0 saturated carbocycles. The van der Waals surface area contributed by atoms with Gasteiger partial charge in [-0.1, -0.05) is 6.92 Å². The van der Waals surface area contributed by atoms with E-state index in [0.29, 0.717) is 23.2 Å². The molecule has 152 valence electrons. The third kappa shape index (κ3) is 4.71. The number of thiophene rings is 1. The molecule has 0 aliphatic carbocycles. The molecule has 1 N–H and O–H groups in total. The Morgan fingerprint density at radius 1 is 1.21 bits per heavy atom. The molecule has 29 heavy (non-hydrogen) atoms. The molecule has 7 nitrogen and oxygen atoms in total. The summed E-state index contributed by atoms with van der Waals surface area (Å²) in [5.74, 6) is -0.609. The zero-order chi connectivity index (χ0) is 21.0. The van der Waals surface area contributed by atoms with Gasteiger partial charge in [-0.2, -0.15) is 0 Å². The number of nitrogens with zero attached hydrogens (tertiary/aromatic N) is 2. The number of fused-ring (bicyclic) bond motifs is 1. The third-order valence-corrected chi connectivity index (χ3v) is 5.69. The number of benzene rings is 1. The maximum Gasteiger partial charge on any atom is 0.338 e. The second-order valence-electron chi connectivity index (χ2n) is 6.72. The average Bonchev–Trinajstić information content (AvgIpc) is 3.00. The van der Waals surface area contributed by atoms with Crippen molar-refractivity contribution in [2.75, 3.05) is 11.9 Å². The largest absolute Gasteiger partial charge is 0.462 e. The van der Waals surface area contributed by atoms with Crippen molar-refractivity contribution in [2.24, 2.45) is 0 Å². The molecule has 0 bridgehead atoms. The lowest BCUT2D eigenvalue weighted by Crippen LogP contribution is -2.23. The molecule has 2 heterocycles. The van der Waals surface area contributed by atoms with Crippen molar-refractivity contribution in [2.45, 2.75) is 40.2 Å². The van der Waals surface area contributed by atoms with Gasteiger partial charge >= 0.3 is 5.97 Å². The Bertz CT molecular complexity index is 1100. The Kier molecular flexibility index (Phi) is 6.43. The molecule has 3 rings (SSSR count). The highest BCUT2D eigenvalue weighted by Crippen LogP contribution is 2.25. The van der Waals surface area contributed by atoms with Crippen LogP contribution in [0.4, 0.5) is 5.69 Å². The molecular weight excluding hydrogens is 390 g/mol. The van der Waals surface area contributed by atoms with E-state index in [-0.39, 0.29) is 30.4 Å². The van der Waals surface area contributed by atoms with Gasteiger partial charge in [-0.3, -0.25) is 14.2 Å². The lowest BCUT2D eigenvalue weighted by molar-refractivity contribution is -0.116. The maximum atomic E-state index is 12.7. The molecule has 1 amide bonds. The van der Waals surface area contributed by atoms with Crippen molar-refractivity contribution in [3.63, 3.8) is 0 Å². The first-order valence-corrected chi connectivity index (χ1v) is 10.2. The summed E-state index contributed by atoms with van der Waals surface area (Å²) >= 11 is 1.50. The van der Waals surface area contributed by atoms with E-state index in [1.165, 1.54) is 22.2 Å². The molecule has 0 saturated heterocycles. The molecule has 0 fully saturated rings. The third-order valence-electron chi connectivity index (χ3n) is 4.58. The predicted octanol–water partition coefficient (Wildman–Crippen LogP) is 3.67. The van der Waals surface area contributed by atoms with Gasteiger partial charge in [-0.25, -0.2) is 9.78 Å². The SMILES string of the molecule is CCCOC(=O)c1ccc(NC(=O)CCn2cnc3sc(C)c(C)c3c2=O)cc1. The van der Waals surface area contributed by atoms with E-state index in [1.807, 2.05) is 20.8 Å². The minimum absolute atomic E-state index is 0.125. The lowest BCUT2D eigenvalue weighted by Gasteiger charge is -2.08. The van der Waals surface area contributed by atoms with Gasteiger partial charge in [0.05, 0.1) is 23.9 Å². The van der Waals surface area contributed by atoms with Crippen LogP contribution >= 0.6 is 11.3 Å². The molecule has 8 heteroatoms. The van der Waals surface area contributed by atoms with Crippen molar-refractivity contribution in [1.82, 2.24) is 9.55 Å². The quantitative estimate of drug-likeness (QED) is 0.597. The second-order valence-corrected chi connectivity index (χ2v) is 7.92. The molecule has 1 aromatic carbocycles. The minimum Gasteiger partial charge on any atom is -0.462 e. The van der Waals surface area contributed by atoms with Crippen LogP contribution < -0.4 is 10.9 Å². The van der Waals surface area contributed by atoms with E-state index in [0.717, 1.165) is 21.7 Å². The van der Waals surface area contributed by atoms with Gasteiger partial charge in [0.2, 0.25) is 5.91 Å². The normalized spacial score (nSPS) is 10.9. The number of hydrogen-bond donors (Lipinski definition) is 1. The maximum absolute atomic E-state index is 12.7. The summed E-state index contributed by atoms with van der Waals surface area (Å²) in [5.41, 5.74) is 1.83. The number of esters is 1. The molecule has 0 aliphatic heterocycles. The molecule has 2 aromatic heterocycles. The fraction of sp³-hybridized carbons (Fsp3) is 0.333. The van der Waals surface area contributed by atoms with E-state index in [9.17, 15) is 14.4 Å². The number of aromatic nitrogens is 2. The van der Waals surface area contributed by atoms with Crippen LogP contribution in [0.3, 0.4) is 0 Å². The number of nitrogens with one attached hydrogen (secondary N) is 1. The first-order chi connectivity index (χ1) is 13.9. The summed E-state index contributed by atoms with van der Waals surface area (Å²) in [5, 5.41) is 3.39. The highest BCUT2D eigenvalue weighted by atomic mass is 32.1. The summed E-state index contributed by atoms with van der Waals surface area (Å²) in [6, 6.07) is 6.52. The van der Waals surface area contributed by atoms with E-state index >= 15 is 0 Å². The summed E-state index contributed by atoms with van der Waals surface area (Å²) in [6.07, 6.45) is 2.39. The molecule has 0 atom stereocenters. The topological polar surface area (TPSA) is 90.3 Å². The summed E-state index contributed by atoms with van der Waals surface area (Å²) in [7, 11) is 0. The van der Waals surface area contributed by atoms with E-state index < -0.39 is 0 Å². The molecule has 0 aliphatic rings. The highest BCUT2D eigenvalue weighted by Gasteiger charge is 2.13. The standard InChI is InChI=1S/C21H23N3O4S/c1-4-11-28-21(27)15-5-7-16(8-6-15)23-17(25)9-10-24-12-22-19-18(20(24)26)13(2)14(3)29-19/h5-8,12H,4,9-11H2,1-3H3,(H,23,25). The summed E-state index contributed by atoms with van der Waals surface area (Å²) < 4.78 is 6.54. The number of ether oxygens (including phenoxy) is 1. The first-order valence-electron chi connectivity index (χ1n) is 9.43. The predicted molar refractivity (Wildman–Crippen MR) is 114 cm³/mol. The average molecular weight is 413 g/mol. The van der Waals surface area contributed by atoms with Crippen molar-refractivity contribution >= 4 is 39.1 Å². The first kappa shape index (κ1) is 20.7. The fourth-order valence-corrected chi connectivity index (χ4v) is 3.83. The van der Waals surface area contributed by atoms with Gasteiger partial charge in [-0.05, 0) is 50.1 Å². The zero-order valence-electron chi connectivity index (χ0n) is 16.7. The van der Waals surface area contributed by atoms with Crippen LogP contribution in [0.25, 0.3) is 10.2 Å². The smallest absolute Gasteiger partial charge is 0.338 e. The van der Waals surface area contributed by atoms with Crippen LogP contribution in [0.15, 0.2) is 35.4 Å². The van der Waals surface area contributed by atoms with Crippen LogP contribution in [0.2, 0.25) is 0 Å². The summed E-state index contributed by atoms with van der Waals surface area (Å²) in [6.45, 7) is 6.42. The van der Waals surface area contributed by atoms with Crippen molar-refractivity contribution in [3.8, 4) is 0 Å². The number of rotatable bonds is 7. The minimum atomic E-state index is -0.383. The number of anilines is 1. The van der Waals surface area contributed by atoms with Crippen LogP contribution in [-0.4, -0.2) is 28.0 Å². The summed E-state index contributed by atoms with van der Waals surface area (Å²) in [4.78, 5) is 42.9. The Morgan fingerprint density at radius 2 is 1.93 bits per heavy atom. The van der Waals surface area contributed by atoms with Gasteiger partial charge in [0.15, 0.2) is 0 Å². The number of carbonyl (C=O) groups is 2. The van der Waals surface area contributed by atoms with Crippen LogP contribution in [0.5, 0.6) is 0 Å². The lowest BCUT2D eigenvalue weighted by atomic mass is 10.2. The molecule has 0 unspecified atom stereocenters. The number of carbonyl (C=O) groups excluding carboxylic acids is 2. The fourth-order valence-electron chi connectivity index (χ4n) is 2.84. The van der Waals surface area contributed by atoms with E-state index in [4.69, 9.17) is 4.74 Å². The second kappa shape index (κ2) is 9.00. The molecule has 0 radical (unpaired) electrons. The number of amides is 1.